The number of hydrogen-bond acceptors (Lipinski definition) is 4. The molecule has 2 N–H and O–H groups in total. The monoisotopic (exact) mass is 587 g/mol. The summed E-state index contributed by atoms with van der Waals surface area (Å²) in [5.41, 5.74) is 2.77. The fourth-order valence-electron chi connectivity index (χ4n) is 4.27. The molecule has 6 nitrogen and oxygen atoms in total. The third kappa shape index (κ3) is 6.30. The van der Waals surface area contributed by atoms with Crippen molar-refractivity contribution < 1.29 is 44.3 Å². The van der Waals surface area contributed by atoms with Gasteiger partial charge in [-0.25, -0.2) is 18.2 Å². The molecule has 1 aliphatic rings. The molecule has 39 heavy (non-hydrogen) atoms. The summed E-state index contributed by atoms with van der Waals surface area (Å²) in [6.45, 7) is -1.18. The maximum absolute atomic E-state index is 13.9. The van der Waals surface area contributed by atoms with Crippen molar-refractivity contribution >= 4 is 18.3 Å². The summed E-state index contributed by atoms with van der Waals surface area (Å²) >= 11 is 0. The number of imidazole rings is 1. The molecule has 0 spiro atoms. The molecule has 16 heteroatoms. The molecule has 0 aliphatic carbocycles. The number of nitrogens with two attached hydrogens (primary N) is 1. The molecule has 0 unspecified atom stereocenters. The third-order valence-electron chi connectivity index (χ3n) is 6.00. The highest BCUT2D eigenvalue weighted by Gasteiger charge is 2.42. The van der Waals surface area contributed by atoms with Crippen molar-refractivity contribution in [1.29, 1.82) is 0 Å². The van der Waals surface area contributed by atoms with Gasteiger partial charge >= 0.3 is 12.4 Å². The number of hydrogen-bond donors (Lipinski definition) is 1. The first-order chi connectivity index (χ1) is 17.7. The molecule has 0 saturated carbocycles. The Hall–Kier alpha value is -3.33. The lowest BCUT2D eigenvalue weighted by atomic mass is 10.0. The molecule has 4 rings (SSSR count). The molecule has 0 radical (unpaired) electrons. The molecular formula is C23H19ClF9N5O. The number of rotatable bonds is 5. The molecule has 1 aliphatic heterocycles. The number of benzene rings is 1. The highest BCUT2D eigenvalue weighted by atomic mass is 35.5. The van der Waals surface area contributed by atoms with Gasteiger partial charge in [0.2, 0.25) is 11.7 Å². The van der Waals surface area contributed by atoms with Crippen LogP contribution in [0.5, 0.6) is 0 Å². The Morgan fingerprint density at radius 3 is 2.31 bits per heavy atom. The lowest BCUT2D eigenvalue weighted by Gasteiger charge is -2.30. The molecule has 1 amide bonds. The van der Waals surface area contributed by atoms with Gasteiger partial charge in [0, 0.05) is 49.6 Å². The summed E-state index contributed by atoms with van der Waals surface area (Å²) in [6.07, 6.45) is -9.12. The minimum atomic E-state index is -4.99. The lowest BCUT2D eigenvalue weighted by molar-refractivity contribution is -0.148. The van der Waals surface area contributed by atoms with Crippen LogP contribution in [0.3, 0.4) is 0 Å². The van der Waals surface area contributed by atoms with E-state index in [1.54, 1.807) is 0 Å². The summed E-state index contributed by atoms with van der Waals surface area (Å²) in [7, 11) is 0. The first-order valence-corrected chi connectivity index (χ1v) is 11.0. The minimum Gasteiger partial charge on any atom is -0.335 e. The molecule has 0 fully saturated rings. The van der Waals surface area contributed by atoms with Crippen molar-refractivity contribution in [1.82, 2.24) is 19.4 Å². The standard InChI is InChI=1S/C23H18F9N5O.ClH/c24-15-8-17(26)16(25)6-11(15)5-12(33)7-19(38)36-3-4-37-18(10-36)20(35-21(37)23(30,31)32)13-9-34-2-1-14(13)22(27,28)29;/h1-2,6,8-9,12H,3-5,7,10,33H2;1H/t12-;/m1./s1. The number of aromatic nitrogens is 3. The maximum atomic E-state index is 13.9. The van der Waals surface area contributed by atoms with E-state index >= 15 is 0 Å². The minimum absolute atomic E-state index is 0. The highest BCUT2D eigenvalue weighted by Crippen LogP contribution is 2.41. The largest absolute Gasteiger partial charge is 0.449 e. The van der Waals surface area contributed by atoms with Gasteiger partial charge in [0.15, 0.2) is 11.6 Å². The van der Waals surface area contributed by atoms with E-state index in [1.807, 2.05) is 0 Å². The van der Waals surface area contributed by atoms with Gasteiger partial charge in [-0.15, -0.1) is 12.4 Å². The first kappa shape index (κ1) is 30.2. The first-order valence-electron chi connectivity index (χ1n) is 11.0. The number of nitrogens with zero attached hydrogens (tertiary/aromatic N) is 4. The molecule has 0 bridgehead atoms. The van der Waals surface area contributed by atoms with Crippen molar-refractivity contribution in [2.45, 2.75) is 44.3 Å². The van der Waals surface area contributed by atoms with Crippen LogP contribution in [0.1, 0.15) is 29.1 Å². The van der Waals surface area contributed by atoms with E-state index < -0.39 is 83.9 Å². The second-order valence-electron chi connectivity index (χ2n) is 8.64. The van der Waals surface area contributed by atoms with E-state index in [-0.39, 0.29) is 36.6 Å². The molecule has 1 atom stereocenters. The molecular weight excluding hydrogens is 569 g/mol. The maximum Gasteiger partial charge on any atom is 0.449 e. The zero-order valence-electron chi connectivity index (χ0n) is 19.6. The number of carbonyl (C=O) groups excluding carboxylic acids is 1. The third-order valence-corrected chi connectivity index (χ3v) is 6.00. The fraction of sp³-hybridized carbons (Fsp3) is 0.348. The summed E-state index contributed by atoms with van der Waals surface area (Å²) < 4.78 is 123. The average molecular weight is 588 g/mol. The van der Waals surface area contributed by atoms with Gasteiger partial charge in [-0.1, -0.05) is 0 Å². The van der Waals surface area contributed by atoms with Crippen LogP contribution in [0.4, 0.5) is 39.5 Å². The van der Waals surface area contributed by atoms with Crippen LogP contribution in [-0.4, -0.2) is 37.9 Å². The Morgan fingerprint density at radius 1 is 1.00 bits per heavy atom. The summed E-state index contributed by atoms with van der Waals surface area (Å²) in [6, 6.07) is 0.467. The summed E-state index contributed by atoms with van der Waals surface area (Å²) in [5, 5.41) is 0. The summed E-state index contributed by atoms with van der Waals surface area (Å²) in [4.78, 5) is 21.0. The van der Waals surface area contributed by atoms with Crippen molar-refractivity contribution in [2.75, 3.05) is 6.54 Å². The predicted molar refractivity (Wildman–Crippen MR) is 121 cm³/mol. The van der Waals surface area contributed by atoms with E-state index in [4.69, 9.17) is 5.73 Å². The van der Waals surface area contributed by atoms with Gasteiger partial charge in [-0.05, 0) is 24.1 Å². The summed E-state index contributed by atoms with van der Waals surface area (Å²) in [5.74, 6) is -5.90. The van der Waals surface area contributed by atoms with Crippen LogP contribution >= 0.6 is 12.4 Å². The zero-order chi connectivity index (χ0) is 28.0. The van der Waals surface area contributed by atoms with Crippen molar-refractivity contribution in [2.24, 2.45) is 5.73 Å². The topological polar surface area (TPSA) is 77.0 Å². The smallest absolute Gasteiger partial charge is 0.335 e. The SMILES string of the molecule is Cl.N[C@@H](CC(=O)N1CCn2c(C(F)(F)F)nc(-c3cnccc3C(F)(F)F)c2C1)Cc1cc(F)c(F)cc1F. The van der Waals surface area contributed by atoms with Gasteiger partial charge in [-0.3, -0.25) is 9.78 Å². The normalized spacial score (nSPS) is 14.6. The quantitative estimate of drug-likeness (QED) is 0.332. The Kier molecular flexibility index (Phi) is 8.55. The van der Waals surface area contributed by atoms with Crippen molar-refractivity contribution in [3.05, 3.63) is 70.7 Å². The second-order valence-corrected chi connectivity index (χ2v) is 8.64. The second kappa shape index (κ2) is 11.0. The zero-order valence-corrected chi connectivity index (χ0v) is 20.4. The molecule has 3 aromatic rings. The Morgan fingerprint density at radius 2 is 1.67 bits per heavy atom. The number of carbonyl (C=O) groups is 1. The van der Waals surface area contributed by atoms with Crippen LogP contribution < -0.4 is 5.73 Å². The molecule has 2 aromatic heterocycles. The van der Waals surface area contributed by atoms with E-state index in [2.05, 4.69) is 9.97 Å². The Bertz CT molecular complexity index is 1370. The van der Waals surface area contributed by atoms with Crippen molar-refractivity contribution in [3.63, 3.8) is 0 Å². The lowest BCUT2D eigenvalue weighted by Crippen LogP contribution is -2.42. The number of fused-ring (bicyclic) bond motifs is 1. The van der Waals surface area contributed by atoms with Gasteiger partial charge in [0.05, 0.1) is 23.5 Å². The van der Waals surface area contributed by atoms with Crippen molar-refractivity contribution in [3.8, 4) is 11.3 Å². The molecule has 1 aromatic carbocycles. The number of halogens is 10. The van der Waals surface area contributed by atoms with E-state index in [1.165, 1.54) is 0 Å². The average Bonchev–Trinajstić information content (AvgIpc) is 3.21. The van der Waals surface area contributed by atoms with E-state index in [0.717, 1.165) is 17.3 Å². The van der Waals surface area contributed by atoms with Crippen LogP contribution in [-0.2, 0) is 36.7 Å². The fourth-order valence-corrected chi connectivity index (χ4v) is 4.27. The van der Waals surface area contributed by atoms with E-state index in [9.17, 15) is 44.3 Å². The van der Waals surface area contributed by atoms with Crippen LogP contribution in [0.25, 0.3) is 11.3 Å². The van der Waals surface area contributed by atoms with Crippen LogP contribution in [0, 0.1) is 17.5 Å². The Balaban J connectivity index is 0.00000420. The van der Waals surface area contributed by atoms with Gasteiger partial charge in [0.25, 0.3) is 0 Å². The van der Waals surface area contributed by atoms with Gasteiger partial charge in [0.1, 0.15) is 5.82 Å². The van der Waals surface area contributed by atoms with Gasteiger partial charge in [-0.2, -0.15) is 26.3 Å². The number of alkyl halides is 6. The molecule has 3 heterocycles. The number of amides is 1. The molecule has 0 saturated heterocycles. The van der Waals surface area contributed by atoms with E-state index in [0.29, 0.717) is 22.8 Å². The van der Waals surface area contributed by atoms with Gasteiger partial charge < -0.3 is 15.2 Å². The van der Waals surface area contributed by atoms with Crippen LogP contribution in [0.15, 0.2) is 30.6 Å². The highest BCUT2D eigenvalue weighted by molar-refractivity contribution is 5.85. The Labute approximate surface area is 221 Å². The molecule has 212 valence electrons. The predicted octanol–water partition coefficient (Wildman–Crippen LogP) is 5.12. The van der Waals surface area contributed by atoms with Crippen LogP contribution in [0.2, 0.25) is 0 Å². The number of pyridine rings is 1.